The number of hydrogen-bond acceptors (Lipinski definition) is 2. The van der Waals surface area contributed by atoms with Crippen LogP contribution in [0.3, 0.4) is 0 Å². The third-order valence-electron chi connectivity index (χ3n) is 3.46. The third-order valence-corrected chi connectivity index (χ3v) is 3.76. The Labute approximate surface area is 110 Å². The van der Waals surface area contributed by atoms with Gasteiger partial charge in [-0.05, 0) is 18.9 Å². The van der Waals surface area contributed by atoms with E-state index in [0.717, 1.165) is 25.7 Å². The molecule has 1 fully saturated rings. The molecule has 1 aliphatic rings. The average Bonchev–Trinajstić information content (AvgIpc) is 2.89. The first-order valence-corrected chi connectivity index (χ1v) is 6.40. The van der Waals surface area contributed by atoms with Crippen molar-refractivity contribution >= 4 is 17.4 Å². The van der Waals surface area contributed by atoms with Crippen LogP contribution in [0.1, 0.15) is 37.2 Å². The molecule has 0 aromatic heterocycles. The summed E-state index contributed by atoms with van der Waals surface area (Å²) in [6.45, 7) is 0. The molecule has 4 heteroatoms. The fraction of sp³-hybridized carbons (Fsp3) is 0.429. The maximum absolute atomic E-state index is 13.9. The zero-order valence-corrected chi connectivity index (χ0v) is 10.6. The number of nitrogens with zero attached hydrogens (tertiary/aromatic N) is 1. The molecule has 0 heterocycles. The van der Waals surface area contributed by atoms with Gasteiger partial charge in [-0.15, -0.1) is 0 Å². The van der Waals surface area contributed by atoms with Gasteiger partial charge in [-0.2, -0.15) is 5.26 Å². The summed E-state index contributed by atoms with van der Waals surface area (Å²) in [6, 6.07) is 6.35. The highest BCUT2D eigenvalue weighted by Crippen LogP contribution is 2.33. The highest BCUT2D eigenvalue weighted by molar-refractivity contribution is 6.30. The quantitative estimate of drug-likeness (QED) is 0.833. The third kappa shape index (κ3) is 2.39. The molecule has 18 heavy (non-hydrogen) atoms. The lowest BCUT2D eigenvalue weighted by atomic mass is 9.87. The van der Waals surface area contributed by atoms with E-state index in [-0.39, 0.29) is 22.3 Å². The van der Waals surface area contributed by atoms with E-state index < -0.39 is 11.7 Å². The molecular formula is C14H13ClFNO. The number of hydrogen-bond donors (Lipinski definition) is 0. The number of carbonyl (C=O) groups is 1. The summed E-state index contributed by atoms with van der Waals surface area (Å²) in [6.07, 6.45) is 3.62. The van der Waals surface area contributed by atoms with Gasteiger partial charge in [0, 0.05) is 11.5 Å². The van der Waals surface area contributed by atoms with E-state index in [2.05, 4.69) is 0 Å². The minimum Gasteiger partial charge on any atom is -0.298 e. The van der Waals surface area contributed by atoms with Gasteiger partial charge in [0.2, 0.25) is 0 Å². The van der Waals surface area contributed by atoms with Gasteiger partial charge in [-0.1, -0.05) is 36.6 Å². The van der Waals surface area contributed by atoms with Crippen LogP contribution in [0.5, 0.6) is 0 Å². The van der Waals surface area contributed by atoms with Crippen LogP contribution in [-0.4, -0.2) is 5.78 Å². The molecule has 0 N–H and O–H groups in total. The number of halogens is 2. The molecule has 0 radical (unpaired) electrons. The Kier molecular flexibility index (Phi) is 3.98. The van der Waals surface area contributed by atoms with Gasteiger partial charge >= 0.3 is 0 Å². The van der Waals surface area contributed by atoms with Gasteiger partial charge in [-0.25, -0.2) is 4.39 Å². The molecular weight excluding hydrogens is 253 g/mol. The van der Waals surface area contributed by atoms with E-state index in [9.17, 15) is 9.18 Å². The van der Waals surface area contributed by atoms with Crippen molar-refractivity contribution in [1.82, 2.24) is 0 Å². The van der Waals surface area contributed by atoms with Crippen LogP contribution >= 0.6 is 11.6 Å². The Morgan fingerprint density at radius 1 is 1.44 bits per heavy atom. The highest BCUT2D eigenvalue weighted by Gasteiger charge is 2.32. The molecule has 0 aliphatic heterocycles. The van der Waals surface area contributed by atoms with Crippen LogP contribution in [0.4, 0.5) is 4.39 Å². The van der Waals surface area contributed by atoms with Crippen molar-refractivity contribution in [3.8, 4) is 6.07 Å². The molecule has 0 saturated heterocycles. The molecule has 1 aromatic rings. The molecule has 0 spiro atoms. The summed E-state index contributed by atoms with van der Waals surface area (Å²) < 4.78 is 13.9. The Bertz CT molecular complexity index is 503. The van der Waals surface area contributed by atoms with Crippen LogP contribution < -0.4 is 0 Å². The summed E-state index contributed by atoms with van der Waals surface area (Å²) in [5.41, 5.74) is 0.0990. The fourth-order valence-electron chi connectivity index (χ4n) is 2.48. The highest BCUT2D eigenvalue weighted by atomic mass is 35.5. The van der Waals surface area contributed by atoms with Crippen molar-refractivity contribution in [2.45, 2.75) is 31.6 Å². The van der Waals surface area contributed by atoms with Crippen LogP contribution in [0.25, 0.3) is 0 Å². The Morgan fingerprint density at radius 2 is 2.11 bits per heavy atom. The summed E-state index contributed by atoms with van der Waals surface area (Å²) in [5.74, 6) is -1.96. The normalized spacial score (nSPS) is 17.4. The summed E-state index contributed by atoms with van der Waals surface area (Å²) in [4.78, 5) is 12.2. The summed E-state index contributed by atoms with van der Waals surface area (Å²) >= 11 is 5.68. The van der Waals surface area contributed by atoms with Gasteiger partial charge in [0.05, 0.1) is 11.1 Å². The predicted octanol–water partition coefficient (Wildman–Crippen LogP) is 3.85. The van der Waals surface area contributed by atoms with E-state index in [0.29, 0.717) is 0 Å². The van der Waals surface area contributed by atoms with Gasteiger partial charge in [0.25, 0.3) is 0 Å². The second-order valence-corrected chi connectivity index (χ2v) is 5.00. The maximum Gasteiger partial charge on any atom is 0.157 e. The topological polar surface area (TPSA) is 40.9 Å². The number of rotatable bonds is 3. The molecule has 2 nitrogen and oxygen atoms in total. The molecule has 1 saturated carbocycles. The minimum absolute atomic E-state index is 0.0491. The van der Waals surface area contributed by atoms with Crippen LogP contribution in [0.15, 0.2) is 18.2 Å². The number of ketones is 1. The lowest BCUT2D eigenvalue weighted by Crippen LogP contribution is -2.20. The summed E-state index contributed by atoms with van der Waals surface area (Å²) in [5, 5.41) is 9.10. The van der Waals surface area contributed by atoms with Crippen molar-refractivity contribution in [2.75, 3.05) is 0 Å². The number of carbonyl (C=O) groups excluding carboxylic acids is 1. The fourth-order valence-corrected chi connectivity index (χ4v) is 2.66. The molecule has 2 rings (SSSR count). The Morgan fingerprint density at radius 3 is 2.72 bits per heavy atom. The van der Waals surface area contributed by atoms with E-state index in [1.165, 1.54) is 12.1 Å². The lowest BCUT2D eigenvalue weighted by molar-refractivity contribution is -0.123. The average molecular weight is 266 g/mol. The molecule has 0 bridgehead atoms. The Balaban J connectivity index is 2.31. The standard InChI is InChI=1S/C14H13ClFNO/c15-12-7-3-6-10(13(12)16)11(8-17)14(18)9-4-1-2-5-9/h3,6-7,9,11H,1-2,4-5H2. The lowest BCUT2D eigenvalue weighted by Gasteiger charge is -2.14. The van der Waals surface area contributed by atoms with Gasteiger partial charge in [-0.3, -0.25) is 4.79 Å². The molecule has 94 valence electrons. The first kappa shape index (κ1) is 13.0. The molecule has 1 aromatic carbocycles. The first-order chi connectivity index (χ1) is 8.65. The van der Waals surface area contributed by atoms with Crippen molar-refractivity contribution in [3.63, 3.8) is 0 Å². The summed E-state index contributed by atoms with van der Waals surface area (Å²) in [7, 11) is 0. The Hall–Kier alpha value is -1.40. The van der Waals surface area contributed by atoms with E-state index in [4.69, 9.17) is 16.9 Å². The van der Waals surface area contributed by atoms with Gasteiger partial charge in [0.1, 0.15) is 11.7 Å². The van der Waals surface area contributed by atoms with Crippen molar-refractivity contribution in [2.24, 2.45) is 5.92 Å². The van der Waals surface area contributed by atoms with Crippen molar-refractivity contribution in [3.05, 3.63) is 34.6 Å². The molecule has 1 atom stereocenters. The second-order valence-electron chi connectivity index (χ2n) is 4.59. The van der Waals surface area contributed by atoms with E-state index in [1.807, 2.05) is 6.07 Å². The monoisotopic (exact) mass is 265 g/mol. The molecule has 1 unspecified atom stereocenters. The minimum atomic E-state index is -1.04. The number of benzene rings is 1. The van der Waals surface area contributed by atoms with E-state index >= 15 is 0 Å². The molecule has 0 amide bonds. The zero-order valence-electron chi connectivity index (χ0n) is 9.83. The largest absolute Gasteiger partial charge is 0.298 e. The predicted molar refractivity (Wildman–Crippen MR) is 66.7 cm³/mol. The van der Waals surface area contributed by atoms with E-state index in [1.54, 1.807) is 6.07 Å². The van der Waals surface area contributed by atoms with Crippen LogP contribution in [-0.2, 0) is 4.79 Å². The van der Waals surface area contributed by atoms with Crippen LogP contribution in [0.2, 0.25) is 5.02 Å². The maximum atomic E-state index is 13.9. The first-order valence-electron chi connectivity index (χ1n) is 6.02. The van der Waals surface area contributed by atoms with Gasteiger partial charge < -0.3 is 0 Å². The number of nitriles is 1. The molecule has 1 aliphatic carbocycles. The second kappa shape index (κ2) is 5.49. The SMILES string of the molecule is N#CC(C(=O)C1CCCC1)c1cccc(Cl)c1F. The van der Waals surface area contributed by atoms with Crippen molar-refractivity contribution < 1.29 is 9.18 Å². The number of Topliss-reactive ketones (excluding diaryl/α,β-unsaturated/α-hetero) is 1. The zero-order chi connectivity index (χ0) is 13.1. The van der Waals surface area contributed by atoms with Crippen LogP contribution in [0, 0.1) is 23.1 Å². The smallest absolute Gasteiger partial charge is 0.157 e. The van der Waals surface area contributed by atoms with Gasteiger partial charge in [0.15, 0.2) is 5.78 Å². The van der Waals surface area contributed by atoms with Crippen molar-refractivity contribution in [1.29, 1.82) is 5.26 Å².